The van der Waals surface area contributed by atoms with Gasteiger partial charge in [-0.25, -0.2) is 9.59 Å². The molecule has 10 N–H and O–H groups in total. The fourth-order valence-electron chi connectivity index (χ4n) is 4.14. The number of carboxylic acid groups (broad SMARTS) is 2. The number of carbonyl (C=O) groups is 4. The molecule has 4 rings (SSSR count). The van der Waals surface area contributed by atoms with E-state index in [1.54, 1.807) is 4.98 Å². The zero-order chi connectivity index (χ0) is 31.4. The lowest BCUT2D eigenvalue weighted by atomic mass is 9.98. The smallest absolute Gasteiger partial charge is 0.335 e. The number of aromatic nitrogens is 4. The Kier molecular flexibility index (Phi) is 8.53. The molecule has 0 fully saturated rings. The van der Waals surface area contributed by atoms with E-state index < -0.39 is 64.8 Å². The van der Waals surface area contributed by atoms with Crippen LogP contribution in [-0.4, -0.2) is 78.7 Å². The van der Waals surface area contributed by atoms with Crippen LogP contribution >= 0.6 is 0 Å². The first-order valence-electron chi connectivity index (χ1n) is 12.4. The molecule has 19 heteroatoms. The summed E-state index contributed by atoms with van der Waals surface area (Å²) in [5, 5.41) is 30.3. The number of anilines is 4. The number of nitrogens with zero attached hydrogens (tertiary/aromatic N) is 2. The van der Waals surface area contributed by atoms with Gasteiger partial charge in [-0.2, -0.15) is 13.9 Å². The van der Waals surface area contributed by atoms with Crippen LogP contribution in [0.4, 0.5) is 27.5 Å². The van der Waals surface area contributed by atoms with Crippen LogP contribution < -0.4 is 43.8 Å². The summed E-state index contributed by atoms with van der Waals surface area (Å²) in [5.41, 5.74) is 2.72. The molecule has 0 spiro atoms. The van der Waals surface area contributed by atoms with Gasteiger partial charge in [0.1, 0.15) is 17.6 Å². The number of benzene rings is 1. The molecule has 2 unspecified atom stereocenters. The molecule has 1 aliphatic heterocycles. The van der Waals surface area contributed by atoms with Gasteiger partial charge in [-0.3, -0.25) is 29.0 Å². The largest absolute Gasteiger partial charge is 0.481 e. The highest BCUT2D eigenvalue weighted by Gasteiger charge is 2.36. The first-order chi connectivity index (χ1) is 20.3. The van der Waals surface area contributed by atoms with Crippen molar-refractivity contribution in [3.63, 3.8) is 0 Å². The second kappa shape index (κ2) is 12.2. The third-order valence-electron chi connectivity index (χ3n) is 6.33. The number of aromatic amines is 2. The molecular formula is C24H24FN9O9. The average Bonchev–Trinajstić information content (AvgIpc) is 2.96. The molecule has 0 radical (unpaired) electrons. The third kappa shape index (κ3) is 6.66. The first kappa shape index (κ1) is 30.0. The molecule has 0 saturated heterocycles. The number of H-pyrrole nitrogens is 2. The summed E-state index contributed by atoms with van der Waals surface area (Å²) in [6.07, 6.45) is -0.681. The summed E-state index contributed by atoms with van der Waals surface area (Å²) >= 11 is 0. The van der Waals surface area contributed by atoms with E-state index in [0.717, 1.165) is 0 Å². The molecule has 1 aromatic carbocycles. The Morgan fingerprint density at radius 1 is 1.12 bits per heavy atom. The lowest BCUT2D eigenvalue weighted by Gasteiger charge is -2.27. The second-order valence-electron chi connectivity index (χ2n) is 9.27. The van der Waals surface area contributed by atoms with Gasteiger partial charge in [0, 0.05) is 37.0 Å². The van der Waals surface area contributed by atoms with Crippen molar-refractivity contribution >= 4 is 46.9 Å². The van der Waals surface area contributed by atoms with Crippen molar-refractivity contribution in [3.05, 3.63) is 73.0 Å². The molecule has 1 aliphatic rings. The zero-order valence-electron chi connectivity index (χ0n) is 21.8. The van der Waals surface area contributed by atoms with Gasteiger partial charge in [0.25, 0.3) is 22.9 Å². The maximum Gasteiger partial charge on any atom is 0.335 e. The van der Waals surface area contributed by atoms with Crippen LogP contribution in [0.1, 0.15) is 21.6 Å². The van der Waals surface area contributed by atoms with Crippen molar-refractivity contribution in [2.24, 2.45) is 5.92 Å². The molecule has 3 atom stereocenters. The number of nitrogens with one attached hydrogen (secondary N) is 6. The maximum absolute atomic E-state index is 13.6. The van der Waals surface area contributed by atoms with E-state index >= 15 is 0 Å². The van der Waals surface area contributed by atoms with E-state index in [1.165, 1.54) is 24.3 Å². The minimum atomic E-state index is -2.30. The van der Waals surface area contributed by atoms with Gasteiger partial charge in [0.05, 0.1) is 6.04 Å². The monoisotopic (exact) mass is 601 g/mol. The van der Waals surface area contributed by atoms with Gasteiger partial charge in [0.2, 0.25) is 11.8 Å². The quantitative estimate of drug-likeness (QED) is 0.117. The number of halogens is 1. The Morgan fingerprint density at radius 3 is 2.47 bits per heavy atom. The van der Waals surface area contributed by atoms with E-state index in [4.69, 9.17) is 5.73 Å². The molecule has 0 saturated carbocycles. The highest BCUT2D eigenvalue weighted by Crippen LogP contribution is 2.20. The topological polar surface area (TPSA) is 283 Å². The van der Waals surface area contributed by atoms with Crippen LogP contribution in [0.25, 0.3) is 0 Å². The number of hydrogen-bond acceptors (Lipinski definition) is 12. The van der Waals surface area contributed by atoms with Crippen LogP contribution in [0, 0.1) is 11.7 Å². The fourth-order valence-corrected chi connectivity index (χ4v) is 4.14. The normalized spacial score (nSPS) is 15.1. The molecule has 18 nitrogen and oxygen atoms in total. The molecule has 226 valence electrons. The lowest BCUT2D eigenvalue weighted by Crippen LogP contribution is -2.49. The number of nitrogens with two attached hydrogens (primary N) is 1. The Balaban J connectivity index is 1.39. The van der Waals surface area contributed by atoms with Crippen LogP contribution in [0.3, 0.4) is 0 Å². The van der Waals surface area contributed by atoms with Gasteiger partial charge in [-0.1, -0.05) is 0 Å². The molecule has 3 heterocycles. The molecular weight excluding hydrogens is 577 g/mol. The minimum absolute atomic E-state index is 0.0191. The van der Waals surface area contributed by atoms with Crippen molar-refractivity contribution in [2.75, 3.05) is 34.8 Å². The molecule has 1 amide bonds. The van der Waals surface area contributed by atoms with Crippen LogP contribution in [-0.2, 0) is 9.59 Å². The zero-order valence-corrected chi connectivity index (χ0v) is 21.8. The number of carboxylic acids is 2. The number of nitrogen functional groups attached to an aromatic ring is 1. The molecule has 0 bridgehead atoms. The highest BCUT2D eigenvalue weighted by molar-refractivity contribution is 6.00. The van der Waals surface area contributed by atoms with Crippen molar-refractivity contribution < 1.29 is 33.8 Å². The van der Waals surface area contributed by atoms with E-state index in [9.17, 15) is 48.2 Å². The maximum atomic E-state index is 13.6. The summed E-state index contributed by atoms with van der Waals surface area (Å²) in [4.78, 5) is 93.0. The predicted molar refractivity (Wildman–Crippen MR) is 147 cm³/mol. The predicted octanol–water partition coefficient (Wildman–Crippen LogP) is -1.73. The number of rotatable bonds is 10. The number of fused-ring (bicyclic) bond motifs is 1. The van der Waals surface area contributed by atoms with Crippen LogP contribution in [0.5, 0.6) is 0 Å². The van der Waals surface area contributed by atoms with Crippen molar-refractivity contribution in [3.8, 4) is 0 Å². The Labute approximate surface area is 238 Å². The molecule has 0 aliphatic carbocycles. The first-order valence-corrected chi connectivity index (χ1v) is 12.4. The van der Waals surface area contributed by atoms with E-state index in [1.807, 2.05) is 0 Å². The Hall–Kier alpha value is -6.01. The number of aliphatic carboxylic acids is 2. The van der Waals surface area contributed by atoms with Crippen molar-refractivity contribution in [1.82, 2.24) is 24.8 Å². The fraction of sp³-hybridized carbons (Fsp3) is 0.250. The number of carbonyl (C=O) groups excluding carboxylic acids is 2. The summed E-state index contributed by atoms with van der Waals surface area (Å²) in [7, 11) is 0. The van der Waals surface area contributed by atoms with E-state index in [0.29, 0.717) is 30.8 Å². The molecule has 3 aromatic rings. The van der Waals surface area contributed by atoms with E-state index in [-0.39, 0.29) is 27.8 Å². The number of hydrogen-bond donors (Lipinski definition) is 9. The summed E-state index contributed by atoms with van der Waals surface area (Å²) < 4.78 is 13.3. The Bertz CT molecular complexity index is 1770. The van der Waals surface area contributed by atoms with Gasteiger partial charge in [0.15, 0.2) is 5.82 Å². The standard InChI is InChI=1S/C24H24FN9O9/c25-13-8-29-24(43)34(20(13)38)19(37)12(21(39)40)5-14(22(41)42)31-17(35)9-1-3-10(4-2-9)27-6-11-7-28-16-15(30-11)18(36)33-23(26)32-16/h1-4,8,11-12,14,27,30H,5-7H2,(H,29,43)(H,31,35)(H,39,40)(H,41,42)(H4,26,28,32,33,36)/t11?,12?,14-/m0/s1. The molecule has 43 heavy (non-hydrogen) atoms. The summed E-state index contributed by atoms with van der Waals surface area (Å²) in [6, 6.07) is 3.54. The highest BCUT2D eigenvalue weighted by atomic mass is 19.1. The summed E-state index contributed by atoms with van der Waals surface area (Å²) in [5.74, 6) is -9.79. The number of amides is 1. The molecule has 2 aromatic heterocycles. The van der Waals surface area contributed by atoms with Crippen LogP contribution in [0.2, 0.25) is 0 Å². The third-order valence-corrected chi connectivity index (χ3v) is 6.33. The Morgan fingerprint density at radius 2 is 1.81 bits per heavy atom. The lowest BCUT2D eigenvalue weighted by molar-refractivity contribution is -0.142. The van der Waals surface area contributed by atoms with Gasteiger partial charge >= 0.3 is 17.6 Å². The second-order valence-corrected chi connectivity index (χ2v) is 9.27. The van der Waals surface area contributed by atoms with Crippen molar-refractivity contribution in [2.45, 2.75) is 18.5 Å². The van der Waals surface area contributed by atoms with Crippen molar-refractivity contribution in [1.29, 1.82) is 0 Å². The van der Waals surface area contributed by atoms with E-state index in [2.05, 4.69) is 31.2 Å². The van der Waals surface area contributed by atoms with Gasteiger partial charge in [-0.05, 0) is 24.3 Å². The average molecular weight is 602 g/mol. The van der Waals surface area contributed by atoms with Crippen LogP contribution in [0.15, 0.2) is 44.8 Å². The minimum Gasteiger partial charge on any atom is -0.481 e. The van der Waals surface area contributed by atoms with Gasteiger partial charge < -0.3 is 42.2 Å². The summed E-state index contributed by atoms with van der Waals surface area (Å²) in [6.45, 7) is 0.750. The SMILES string of the molecule is Nc1nc2c(c(=O)[nH]1)NC(CNc1ccc(C(=O)N[C@@H](CC(C(=O)O)C(=O)n3c(=O)[nH]cc(F)c3=O)C(=O)O)cc1)CN2. The van der Waals surface area contributed by atoms with Gasteiger partial charge in [-0.15, -0.1) is 0 Å².